The molecule has 3 heteroatoms. The molecule has 0 aromatic heterocycles. The average molecular weight is 418 g/mol. The molecule has 2 atom stereocenters. The van der Waals surface area contributed by atoms with Gasteiger partial charge in [0.05, 0.1) is 10.7 Å². The third-order valence-corrected chi connectivity index (χ3v) is 7.10. The number of halogens is 1. The van der Waals surface area contributed by atoms with Crippen LogP contribution >= 0.6 is 11.6 Å². The standard InChI is InChI=1S/C27H28ClNO/c1-19-25(22-13-7-14-23(17-22)30-18-20-9-3-2-4-10-20)27-24(28)15-8-16-29(27)26(19)21-11-5-6-12-21/h2-4,7-10,13-17,19,21,26H,5-6,11-12,18H2,1H3/t19-,26?/m0/s1. The van der Waals surface area contributed by atoms with Crippen molar-refractivity contribution in [2.24, 2.45) is 11.8 Å². The summed E-state index contributed by atoms with van der Waals surface area (Å²) in [5, 5.41) is 0.843. The smallest absolute Gasteiger partial charge is 0.120 e. The molecule has 0 amide bonds. The third kappa shape index (κ3) is 3.58. The van der Waals surface area contributed by atoms with Gasteiger partial charge in [-0.05, 0) is 59.7 Å². The van der Waals surface area contributed by atoms with Crippen LogP contribution < -0.4 is 4.74 Å². The molecule has 2 heterocycles. The van der Waals surface area contributed by atoms with Crippen LogP contribution in [0.5, 0.6) is 5.75 Å². The molecule has 0 bridgehead atoms. The molecule has 0 radical (unpaired) electrons. The van der Waals surface area contributed by atoms with Crippen molar-refractivity contribution in [3.05, 3.63) is 94.8 Å². The first-order chi connectivity index (χ1) is 14.7. The van der Waals surface area contributed by atoms with Crippen LogP contribution in [0.4, 0.5) is 0 Å². The maximum atomic E-state index is 6.76. The van der Waals surface area contributed by atoms with Gasteiger partial charge in [0.1, 0.15) is 12.4 Å². The molecule has 0 spiro atoms. The van der Waals surface area contributed by atoms with Crippen LogP contribution in [0, 0.1) is 11.8 Å². The lowest BCUT2D eigenvalue weighted by Gasteiger charge is -2.34. The summed E-state index contributed by atoms with van der Waals surface area (Å²) < 4.78 is 6.12. The number of rotatable bonds is 5. The molecule has 2 aliphatic heterocycles. The Morgan fingerprint density at radius 3 is 2.63 bits per heavy atom. The van der Waals surface area contributed by atoms with Crippen LogP contribution in [0.1, 0.15) is 43.7 Å². The summed E-state index contributed by atoms with van der Waals surface area (Å²) in [6.07, 6.45) is 11.7. The van der Waals surface area contributed by atoms with Crippen LogP contribution in [0.2, 0.25) is 0 Å². The van der Waals surface area contributed by atoms with E-state index in [0.29, 0.717) is 18.6 Å². The fourth-order valence-electron chi connectivity index (χ4n) is 5.47. The highest BCUT2D eigenvalue weighted by molar-refractivity contribution is 6.33. The molecule has 0 saturated heterocycles. The quantitative estimate of drug-likeness (QED) is 0.512. The number of fused-ring (bicyclic) bond motifs is 1. The molecule has 3 aliphatic rings. The number of ether oxygens (including phenoxy) is 1. The van der Waals surface area contributed by atoms with E-state index in [-0.39, 0.29) is 0 Å². The zero-order valence-corrected chi connectivity index (χ0v) is 18.2. The van der Waals surface area contributed by atoms with Gasteiger partial charge in [-0.3, -0.25) is 0 Å². The predicted octanol–water partition coefficient (Wildman–Crippen LogP) is 7.14. The van der Waals surface area contributed by atoms with Gasteiger partial charge in [-0.15, -0.1) is 0 Å². The summed E-state index contributed by atoms with van der Waals surface area (Å²) in [5.41, 5.74) is 4.93. The average Bonchev–Trinajstić information content (AvgIpc) is 3.39. The Morgan fingerprint density at radius 1 is 1.03 bits per heavy atom. The van der Waals surface area contributed by atoms with Crippen molar-refractivity contribution in [3.63, 3.8) is 0 Å². The lowest BCUT2D eigenvalue weighted by atomic mass is 9.83. The summed E-state index contributed by atoms with van der Waals surface area (Å²) in [7, 11) is 0. The first-order valence-electron chi connectivity index (χ1n) is 11.1. The van der Waals surface area contributed by atoms with Crippen LogP contribution in [0.3, 0.4) is 0 Å². The summed E-state index contributed by atoms with van der Waals surface area (Å²) in [6.45, 7) is 2.95. The van der Waals surface area contributed by atoms with E-state index in [9.17, 15) is 0 Å². The van der Waals surface area contributed by atoms with E-state index in [4.69, 9.17) is 16.3 Å². The maximum Gasteiger partial charge on any atom is 0.120 e. The summed E-state index contributed by atoms with van der Waals surface area (Å²) in [4.78, 5) is 2.45. The fraction of sp³-hybridized carbons (Fsp3) is 0.333. The molecule has 30 heavy (non-hydrogen) atoms. The number of benzene rings is 2. The van der Waals surface area contributed by atoms with Crippen LogP contribution in [-0.4, -0.2) is 10.9 Å². The minimum atomic E-state index is 0.428. The van der Waals surface area contributed by atoms with Gasteiger partial charge < -0.3 is 9.64 Å². The molecule has 1 saturated carbocycles. The van der Waals surface area contributed by atoms with Gasteiger partial charge in [0.25, 0.3) is 0 Å². The van der Waals surface area contributed by atoms with Gasteiger partial charge in [0.2, 0.25) is 0 Å². The molecule has 1 fully saturated rings. The van der Waals surface area contributed by atoms with Gasteiger partial charge >= 0.3 is 0 Å². The molecule has 1 unspecified atom stereocenters. The van der Waals surface area contributed by atoms with E-state index >= 15 is 0 Å². The van der Waals surface area contributed by atoms with Gasteiger partial charge in [0.15, 0.2) is 0 Å². The molecule has 1 aliphatic carbocycles. The summed E-state index contributed by atoms with van der Waals surface area (Å²) in [6, 6.07) is 19.3. The number of nitrogens with zero attached hydrogens (tertiary/aromatic N) is 1. The third-order valence-electron chi connectivity index (χ3n) is 6.79. The molecular formula is C27H28ClNO. The van der Waals surface area contributed by atoms with Crippen molar-refractivity contribution >= 4 is 17.2 Å². The van der Waals surface area contributed by atoms with Crippen LogP contribution in [0.15, 0.2) is 83.7 Å². The Morgan fingerprint density at radius 2 is 1.83 bits per heavy atom. The van der Waals surface area contributed by atoms with Crippen molar-refractivity contribution in [2.45, 2.75) is 45.3 Å². The molecule has 5 rings (SSSR count). The minimum Gasteiger partial charge on any atom is -0.489 e. The molecule has 2 nitrogen and oxygen atoms in total. The van der Waals surface area contributed by atoms with Crippen molar-refractivity contribution in [1.29, 1.82) is 0 Å². The Labute approximate surface area is 184 Å². The zero-order valence-electron chi connectivity index (χ0n) is 17.4. The molecule has 2 aromatic carbocycles. The van der Waals surface area contributed by atoms with Gasteiger partial charge in [-0.2, -0.15) is 0 Å². The number of allylic oxidation sites excluding steroid dienone is 3. The zero-order chi connectivity index (χ0) is 20.5. The molecule has 154 valence electrons. The van der Waals surface area contributed by atoms with Crippen molar-refractivity contribution in [3.8, 4) is 5.75 Å². The first-order valence-corrected chi connectivity index (χ1v) is 11.4. The van der Waals surface area contributed by atoms with Crippen molar-refractivity contribution in [1.82, 2.24) is 4.90 Å². The normalized spacial score (nSPS) is 23.7. The lowest BCUT2D eigenvalue weighted by Crippen LogP contribution is -2.36. The Hall–Kier alpha value is -2.45. The van der Waals surface area contributed by atoms with Crippen molar-refractivity contribution in [2.75, 3.05) is 0 Å². The monoisotopic (exact) mass is 417 g/mol. The Bertz CT molecular complexity index is 1000. The van der Waals surface area contributed by atoms with E-state index in [2.05, 4.69) is 54.4 Å². The molecular weight excluding hydrogens is 390 g/mol. The summed E-state index contributed by atoms with van der Waals surface area (Å²) >= 11 is 6.76. The minimum absolute atomic E-state index is 0.428. The topological polar surface area (TPSA) is 12.5 Å². The lowest BCUT2D eigenvalue weighted by molar-refractivity contribution is 0.231. The van der Waals surface area contributed by atoms with Gasteiger partial charge in [-0.25, -0.2) is 0 Å². The van der Waals surface area contributed by atoms with Crippen LogP contribution in [-0.2, 0) is 6.61 Å². The highest BCUT2D eigenvalue weighted by Gasteiger charge is 2.43. The van der Waals surface area contributed by atoms with E-state index < -0.39 is 0 Å². The summed E-state index contributed by atoms with van der Waals surface area (Å²) in [5.74, 6) is 2.06. The van der Waals surface area contributed by atoms with E-state index in [1.165, 1.54) is 48.1 Å². The van der Waals surface area contributed by atoms with E-state index in [1.54, 1.807) is 0 Å². The highest BCUT2D eigenvalue weighted by atomic mass is 35.5. The number of hydrogen-bond acceptors (Lipinski definition) is 2. The maximum absolute atomic E-state index is 6.76. The first kappa shape index (κ1) is 19.5. The molecule has 0 N–H and O–H groups in total. The second kappa shape index (κ2) is 8.35. The van der Waals surface area contributed by atoms with E-state index in [0.717, 1.165) is 16.7 Å². The second-order valence-electron chi connectivity index (χ2n) is 8.65. The Balaban J connectivity index is 1.46. The number of hydrogen-bond donors (Lipinski definition) is 0. The second-order valence-corrected chi connectivity index (χ2v) is 9.06. The van der Waals surface area contributed by atoms with Crippen LogP contribution in [0.25, 0.3) is 5.57 Å². The van der Waals surface area contributed by atoms with Gasteiger partial charge in [-0.1, -0.05) is 73.8 Å². The highest BCUT2D eigenvalue weighted by Crippen LogP contribution is 2.50. The fourth-order valence-corrected chi connectivity index (χ4v) is 5.74. The van der Waals surface area contributed by atoms with E-state index in [1.807, 2.05) is 30.3 Å². The SMILES string of the molecule is C[C@H]1C(c2cccc(OCc3ccccc3)c2)=C2C(Cl)=CC=CN2C1C1CCCC1. The largest absolute Gasteiger partial charge is 0.489 e. The van der Waals surface area contributed by atoms with Crippen molar-refractivity contribution < 1.29 is 4.74 Å². The Kier molecular flexibility index (Phi) is 5.43. The molecule has 2 aromatic rings. The predicted molar refractivity (Wildman–Crippen MR) is 124 cm³/mol. The van der Waals surface area contributed by atoms with Gasteiger partial charge in [0, 0.05) is 18.2 Å².